The quantitative estimate of drug-likeness (QED) is 0.894. The average molecular weight is 358 g/mol. The second-order valence-electron chi connectivity index (χ2n) is 6.12. The zero-order chi connectivity index (χ0) is 17.6. The molecule has 0 atom stereocenters. The summed E-state index contributed by atoms with van der Waals surface area (Å²) in [6.07, 6.45) is 2.01. The number of carbonyl (C=O) groups excluding carboxylic acids is 2. The number of likely N-dealkylation sites (tertiary alicyclic amines) is 1. The van der Waals surface area contributed by atoms with Crippen molar-refractivity contribution in [2.45, 2.75) is 25.3 Å². The Morgan fingerprint density at radius 2 is 1.92 bits per heavy atom. The molecule has 0 radical (unpaired) electrons. The molecular weight excluding hydrogens is 336 g/mol. The molecule has 2 aromatic rings. The third-order valence-electron chi connectivity index (χ3n) is 4.40. The molecule has 25 heavy (non-hydrogen) atoms. The molecular formula is C19H22N2O3S. The molecule has 0 saturated carbocycles. The van der Waals surface area contributed by atoms with Crippen molar-refractivity contribution in [1.82, 2.24) is 10.2 Å². The topological polar surface area (TPSA) is 58.6 Å². The molecule has 132 valence electrons. The maximum atomic E-state index is 12.5. The van der Waals surface area contributed by atoms with Crippen LogP contribution in [-0.4, -0.2) is 43.0 Å². The number of carbonyl (C=O) groups is 2. The highest BCUT2D eigenvalue weighted by Gasteiger charge is 2.24. The van der Waals surface area contributed by atoms with Crippen LogP contribution in [0.3, 0.4) is 0 Å². The number of thiophene rings is 1. The number of benzene rings is 1. The fourth-order valence-electron chi connectivity index (χ4n) is 2.99. The lowest BCUT2D eigenvalue weighted by Crippen LogP contribution is -2.46. The number of rotatable bonds is 5. The van der Waals surface area contributed by atoms with Gasteiger partial charge in [0.15, 0.2) is 0 Å². The van der Waals surface area contributed by atoms with Gasteiger partial charge in [-0.15, -0.1) is 11.3 Å². The molecule has 0 bridgehead atoms. The Labute approximate surface area is 151 Å². The third-order valence-corrected chi connectivity index (χ3v) is 5.28. The lowest BCUT2D eigenvalue weighted by molar-refractivity contribution is -0.121. The molecule has 0 unspecified atom stereocenters. The van der Waals surface area contributed by atoms with E-state index >= 15 is 0 Å². The molecule has 0 aliphatic carbocycles. The minimum Gasteiger partial charge on any atom is -0.497 e. The lowest BCUT2D eigenvalue weighted by Gasteiger charge is -2.32. The highest BCUT2D eigenvalue weighted by atomic mass is 32.1. The van der Waals surface area contributed by atoms with Gasteiger partial charge in [0.1, 0.15) is 5.75 Å². The molecule has 6 heteroatoms. The molecule has 1 aromatic heterocycles. The molecule has 2 heterocycles. The number of hydrogen-bond donors (Lipinski definition) is 1. The number of ether oxygens (including phenoxy) is 1. The molecule has 5 nitrogen and oxygen atoms in total. The number of piperidine rings is 1. The van der Waals surface area contributed by atoms with Gasteiger partial charge >= 0.3 is 0 Å². The van der Waals surface area contributed by atoms with Crippen molar-refractivity contribution in [3.8, 4) is 5.75 Å². The summed E-state index contributed by atoms with van der Waals surface area (Å²) < 4.78 is 5.12. The van der Waals surface area contributed by atoms with Crippen LogP contribution in [0, 0.1) is 0 Å². The van der Waals surface area contributed by atoms with Gasteiger partial charge in [-0.3, -0.25) is 9.59 Å². The van der Waals surface area contributed by atoms with E-state index in [-0.39, 0.29) is 17.9 Å². The van der Waals surface area contributed by atoms with E-state index in [0.717, 1.165) is 23.5 Å². The van der Waals surface area contributed by atoms with E-state index in [1.54, 1.807) is 42.7 Å². The third kappa shape index (κ3) is 4.60. The Morgan fingerprint density at radius 3 is 2.52 bits per heavy atom. The zero-order valence-corrected chi connectivity index (χ0v) is 15.1. The Hall–Kier alpha value is -2.34. The highest BCUT2D eigenvalue weighted by Crippen LogP contribution is 2.17. The van der Waals surface area contributed by atoms with Gasteiger partial charge in [0.2, 0.25) is 5.91 Å². The van der Waals surface area contributed by atoms with E-state index in [1.807, 2.05) is 22.4 Å². The Morgan fingerprint density at radius 1 is 1.20 bits per heavy atom. The van der Waals surface area contributed by atoms with Crippen LogP contribution in [0.1, 0.15) is 28.1 Å². The van der Waals surface area contributed by atoms with Crippen molar-refractivity contribution >= 4 is 23.2 Å². The van der Waals surface area contributed by atoms with Crippen molar-refractivity contribution in [2.24, 2.45) is 0 Å². The summed E-state index contributed by atoms with van der Waals surface area (Å²) in [4.78, 5) is 27.5. The van der Waals surface area contributed by atoms with Crippen LogP contribution in [0.4, 0.5) is 0 Å². The standard InChI is InChI=1S/C19H22N2O3S/c1-24-16-6-4-14(5-7-16)19(23)21-10-8-15(9-11-21)20-18(22)13-17-3-2-12-25-17/h2-7,12,15H,8-11,13H2,1H3,(H,20,22). The summed E-state index contributed by atoms with van der Waals surface area (Å²) in [5.74, 6) is 0.831. The van der Waals surface area contributed by atoms with E-state index < -0.39 is 0 Å². The summed E-state index contributed by atoms with van der Waals surface area (Å²) in [6, 6.07) is 11.2. The minimum atomic E-state index is 0.0333. The van der Waals surface area contributed by atoms with Crippen molar-refractivity contribution < 1.29 is 14.3 Å². The van der Waals surface area contributed by atoms with Gasteiger partial charge in [-0.05, 0) is 48.6 Å². The summed E-state index contributed by atoms with van der Waals surface area (Å²) in [5.41, 5.74) is 0.668. The minimum absolute atomic E-state index is 0.0333. The molecule has 1 N–H and O–H groups in total. The first kappa shape index (κ1) is 17.5. The predicted octanol–water partition coefficient (Wildman–Crippen LogP) is 2.72. The van der Waals surface area contributed by atoms with Gasteiger partial charge in [0.05, 0.1) is 13.5 Å². The molecule has 2 amide bonds. The normalized spacial score (nSPS) is 15.0. The van der Waals surface area contributed by atoms with Crippen LogP contribution in [0.25, 0.3) is 0 Å². The SMILES string of the molecule is COc1ccc(C(=O)N2CCC(NC(=O)Cc3cccs3)CC2)cc1. The summed E-state index contributed by atoms with van der Waals surface area (Å²) in [7, 11) is 1.61. The number of amides is 2. The van der Waals surface area contributed by atoms with Gasteiger partial charge in [-0.2, -0.15) is 0 Å². The first-order valence-corrected chi connectivity index (χ1v) is 9.29. The molecule has 1 fully saturated rings. The van der Waals surface area contributed by atoms with Crippen molar-refractivity contribution in [2.75, 3.05) is 20.2 Å². The van der Waals surface area contributed by atoms with E-state index in [9.17, 15) is 9.59 Å². The number of methoxy groups -OCH3 is 1. The van der Waals surface area contributed by atoms with Gasteiger partial charge in [-0.25, -0.2) is 0 Å². The van der Waals surface area contributed by atoms with E-state index in [1.165, 1.54) is 0 Å². The van der Waals surface area contributed by atoms with Crippen molar-refractivity contribution in [3.05, 3.63) is 52.2 Å². The predicted molar refractivity (Wildman–Crippen MR) is 98.1 cm³/mol. The maximum Gasteiger partial charge on any atom is 0.253 e. The Kier molecular flexibility index (Phi) is 5.71. The van der Waals surface area contributed by atoms with Crippen molar-refractivity contribution in [3.63, 3.8) is 0 Å². The average Bonchev–Trinajstić information content (AvgIpc) is 3.14. The highest BCUT2D eigenvalue weighted by molar-refractivity contribution is 7.10. The van der Waals surface area contributed by atoms with Crippen LogP contribution in [0.5, 0.6) is 5.75 Å². The zero-order valence-electron chi connectivity index (χ0n) is 14.2. The van der Waals surface area contributed by atoms with E-state index in [4.69, 9.17) is 4.74 Å². The summed E-state index contributed by atoms with van der Waals surface area (Å²) in [6.45, 7) is 1.32. The fourth-order valence-corrected chi connectivity index (χ4v) is 3.70. The van der Waals surface area contributed by atoms with E-state index in [0.29, 0.717) is 25.1 Å². The molecule has 1 aromatic carbocycles. The molecule has 3 rings (SSSR count). The summed E-state index contributed by atoms with van der Waals surface area (Å²) >= 11 is 1.60. The van der Waals surface area contributed by atoms with Crippen LogP contribution < -0.4 is 10.1 Å². The number of nitrogens with zero attached hydrogens (tertiary/aromatic N) is 1. The fraction of sp³-hybridized carbons (Fsp3) is 0.368. The van der Waals surface area contributed by atoms with Crippen LogP contribution in [0.15, 0.2) is 41.8 Å². The van der Waals surface area contributed by atoms with Gasteiger partial charge < -0.3 is 15.0 Å². The van der Waals surface area contributed by atoms with Gasteiger partial charge in [0.25, 0.3) is 5.91 Å². The van der Waals surface area contributed by atoms with Crippen LogP contribution in [-0.2, 0) is 11.2 Å². The molecule has 0 spiro atoms. The van der Waals surface area contributed by atoms with Gasteiger partial charge in [-0.1, -0.05) is 6.07 Å². The van der Waals surface area contributed by atoms with Crippen LogP contribution in [0.2, 0.25) is 0 Å². The van der Waals surface area contributed by atoms with Crippen LogP contribution >= 0.6 is 11.3 Å². The smallest absolute Gasteiger partial charge is 0.253 e. The van der Waals surface area contributed by atoms with E-state index in [2.05, 4.69) is 5.32 Å². The monoisotopic (exact) mass is 358 g/mol. The Bertz CT molecular complexity index is 705. The number of hydrogen-bond acceptors (Lipinski definition) is 4. The Balaban J connectivity index is 1.47. The van der Waals surface area contributed by atoms with Crippen molar-refractivity contribution in [1.29, 1.82) is 0 Å². The molecule has 1 aliphatic rings. The lowest BCUT2D eigenvalue weighted by atomic mass is 10.0. The largest absolute Gasteiger partial charge is 0.497 e. The maximum absolute atomic E-state index is 12.5. The first-order chi connectivity index (χ1) is 12.2. The first-order valence-electron chi connectivity index (χ1n) is 8.41. The molecule has 1 saturated heterocycles. The molecule has 1 aliphatic heterocycles. The second-order valence-corrected chi connectivity index (χ2v) is 7.15. The second kappa shape index (κ2) is 8.16. The summed E-state index contributed by atoms with van der Waals surface area (Å²) in [5, 5.41) is 5.06. The number of nitrogens with one attached hydrogen (secondary N) is 1. The van der Waals surface area contributed by atoms with Gasteiger partial charge in [0, 0.05) is 29.6 Å².